The maximum atomic E-state index is 6.18. The Labute approximate surface area is 157 Å². The summed E-state index contributed by atoms with van der Waals surface area (Å²) in [7, 11) is 0. The number of halogens is 1. The monoisotopic (exact) mass is 356 g/mol. The molecule has 1 atom stereocenters. The fourth-order valence-electron chi connectivity index (χ4n) is 4.17. The summed E-state index contributed by atoms with van der Waals surface area (Å²) in [4.78, 5) is 4.65. The molecular formula is C23H17ClN2. The van der Waals surface area contributed by atoms with Gasteiger partial charge >= 0.3 is 0 Å². The Morgan fingerprint density at radius 2 is 1.58 bits per heavy atom. The van der Waals surface area contributed by atoms with Gasteiger partial charge in [-0.3, -0.25) is 0 Å². The van der Waals surface area contributed by atoms with Crippen LogP contribution in [-0.4, -0.2) is 9.55 Å². The summed E-state index contributed by atoms with van der Waals surface area (Å²) in [5.74, 6) is 1.02. The number of rotatable bonds is 3. The lowest BCUT2D eigenvalue weighted by atomic mass is 9.78. The van der Waals surface area contributed by atoms with E-state index in [1.54, 1.807) is 0 Å². The molecule has 1 aromatic heterocycles. The van der Waals surface area contributed by atoms with Gasteiger partial charge in [0.25, 0.3) is 0 Å². The van der Waals surface area contributed by atoms with E-state index in [2.05, 4.69) is 82.5 Å². The minimum atomic E-state index is -0.325. The zero-order chi connectivity index (χ0) is 17.6. The Hall–Kier alpha value is -2.84. The lowest BCUT2D eigenvalue weighted by molar-refractivity contribution is 0.450. The van der Waals surface area contributed by atoms with Crippen LogP contribution in [-0.2, 0) is 12.0 Å². The van der Waals surface area contributed by atoms with Gasteiger partial charge in [0.2, 0.25) is 0 Å². The smallest absolute Gasteiger partial charge is 0.141 e. The van der Waals surface area contributed by atoms with Crippen LogP contribution in [0.1, 0.15) is 16.7 Å². The number of aromatic nitrogens is 2. The van der Waals surface area contributed by atoms with Gasteiger partial charge < -0.3 is 4.57 Å². The van der Waals surface area contributed by atoms with Crippen molar-refractivity contribution in [2.75, 3.05) is 0 Å². The largest absolute Gasteiger partial charge is 0.316 e. The van der Waals surface area contributed by atoms with E-state index in [-0.39, 0.29) is 5.54 Å². The van der Waals surface area contributed by atoms with E-state index in [4.69, 9.17) is 11.6 Å². The molecule has 2 heterocycles. The van der Waals surface area contributed by atoms with Crippen molar-refractivity contribution >= 4 is 11.6 Å². The minimum absolute atomic E-state index is 0.325. The van der Waals surface area contributed by atoms with Crippen molar-refractivity contribution in [3.63, 3.8) is 0 Å². The van der Waals surface area contributed by atoms with Gasteiger partial charge in [-0.1, -0.05) is 78.3 Å². The van der Waals surface area contributed by atoms with Crippen LogP contribution in [0.15, 0.2) is 91.3 Å². The first-order valence-electron chi connectivity index (χ1n) is 8.73. The van der Waals surface area contributed by atoms with Crippen molar-refractivity contribution in [2.24, 2.45) is 0 Å². The number of imidazole rings is 1. The van der Waals surface area contributed by atoms with Gasteiger partial charge in [-0.05, 0) is 28.8 Å². The van der Waals surface area contributed by atoms with Gasteiger partial charge in [-0.2, -0.15) is 0 Å². The topological polar surface area (TPSA) is 17.8 Å². The molecule has 0 saturated carbocycles. The van der Waals surface area contributed by atoms with Gasteiger partial charge in [0, 0.05) is 29.4 Å². The highest BCUT2D eigenvalue weighted by atomic mass is 35.5. The highest BCUT2D eigenvalue weighted by molar-refractivity contribution is 6.30. The molecule has 2 nitrogen and oxygen atoms in total. The number of benzene rings is 3. The molecule has 3 aromatic carbocycles. The summed E-state index contributed by atoms with van der Waals surface area (Å²) in [5, 5.41) is 0.751. The third kappa shape index (κ3) is 2.16. The highest BCUT2D eigenvalue weighted by Gasteiger charge is 2.44. The fraction of sp³-hybridized carbons (Fsp3) is 0.0870. The first kappa shape index (κ1) is 15.4. The van der Waals surface area contributed by atoms with E-state index in [9.17, 15) is 0 Å². The number of nitrogens with zero attached hydrogens (tertiary/aromatic N) is 2. The van der Waals surface area contributed by atoms with Crippen molar-refractivity contribution in [2.45, 2.75) is 12.0 Å². The Morgan fingerprint density at radius 3 is 2.38 bits per heavy atom. The lowest BCUT2D eigenvalue weighted by Gasteiger charge is -2.34. The van der Waals surface area contributed by atoms with Gasteiger partial charge in [-0.25, -0.2) is 4.98 Å². The zero-order valence-corrected chi connectivity index (χ0v) is 14.9. The maximum absolute atomic E-state index is 6.18. The Morgan fingerprint density at radius 1 is 0.846 bits per heavy atom. The Balaban J connectivity index is 1.82. The summed E-state index contributed by atoms with van der Waals surface area (Å²) in [6, 6.07) is 27.4. The molecule has 0 fully saturated rings. The van der Waals surface area contributed by atoms with Crippen molar-refractivity contribution in [3.8, 4) is 11.4 Å². The normalized spacial score (nSPS) is 17.7. The van der Waals surface area contributed by atoms with E-state index in [0.29, 0.717) is 0 Å². The molecule has 0 aliphatic carbocycles. The molecule has 26 heavy (non-hydrogen) atoms. The molecule has 0 N–H and O–H groups in total. The Bertz CT molecular complexity index is 1070. The highest BCUT2D eigenvalue weighted by Crippen LogP contribution is 2.48. The van der Waals surface area contributed by atoms with Gasteiger partial charge in [0.1, 0.15) is 11.4 Å². The molecule has 0 spiro atoms. The molecule has 0 radical (unpaired) electrons. The first-order chi connectivity index (χ1) is 12.8. The average molecular weight is 357 g/mol. The predicted octanol–water partition coefficient (Wildman–Crippen LogP) is 5.55. The summed E-state index contributed by atoms with van der Waals surface area (Å²) >= 11 is 6.18. The predicted molar refractivity (Wildman–Crippen MR) is 105 cm³/mol. The van der Waals surface area contributed by atoms with Gasteiger partial charge in [0.05, 0.1) is 0 Å². The molecule has 0 amide bonds. The molecule has 1 aliphatic heterocycles. The van der Waals surface area contributed by atoms with Crippen LogP contribution in [0.4, 0.5) is 0 Å². The maximum Gasteiger partial charge on any atom is 0.141 e. The lowest BCUT2D eigenvalue weighted by Crippen LogP contribution is -2.35. The second-order valence-corrected chi connectivity index (χ2v) is 7.13. The third-order valence-electron chi connectivity index (χ3n) is 5.29. The van der Waals surface area contributed by atoms with E-state index >= 15 is 0 Å². The standard InChI is InChI=1S/C23H17ClN2/c24-19-12-10-18(11-13-19)23(16-17-6-2-1-3-7-17)21-9-5-4-8-20(21)22-25-14-15-26(22)23/h1-15H,16H2/t23-/m1/s1. The van der Waals surface area contributed by atoms with Crippen molar-refractivity contribution in [1.29, 1.82) is 0 Å². The van der Waals surface area contributed by atoms with Crippen LogP contribution in [0.5, 0.6) is 0 Å². The molecule has 1 aliphatic rings. The van der Waals surface area contributed by atoms with E-state index < -0.39 is 0 Å². The minimum Gasteiger partial charge on any atom is -0.316 e. The number of hydrogen-bond donors (Lipinski definition) is 0. The molecule has 3 heteroatoms. The third-order valence-corrected chi connectivity index (χ3v) is 5.54. The van der Waals surface area contributed by atoms with Crippen molar-refractivity contribution < 1.29 is 0 Å². The Kier molecular flexibility index (Phi) is 3.47. The van der Waals surface area contributed by atoms with Crippen LogP contribution in [0.3, 0.4) is 0 Å². The average Bonchev–Trinajstić information content (AvgIpc) is 3.26. The van der Waals surface area contributed by atoms with E-state index in [0.717, 1.165) is 17.3 Å². The van der Waals surface area contributed by atoms with Gasteiger partial charge in [-0.15, -0.1) is 0 Å². The number of hydrogen-bond acceptors (Lipinski definition) is 1. The summed E-state index contributed by atoms with van der Waals surface area (Å²) < 4.78 is 2.31. The molecule has 0 saturated heterocycles. The summed E-state index contributed by atoms with van der Waals surface area (Å²) in [6.07, 6.45) is 4.84. The summed E-state index contributed by atoms with van der Waals surface area (Å²) in [6.45, 7) is 0. The molecule has 5 rings (SSSR count). The van der Waals surface area contributed by atoms with E-state index in [1.165, 1.54) is 22.3 Å². The van der Waals surface area contributed by atoms with Crippen molar-refractivity contribution in [3.05, 3.63) is 113 Å². The van der Waals surface area contributed by atoms with Crippen LogP contribution >= 0.6 is 11.6 Å². The molecule has 4 aromatic rings. The van der Waals surface area contributed by atoms with Gasteiger partial charge in [0.15, 0.2) is 0 Å². The number of fused-ring (bicyclic) bond motifs is 3. The van der Waals surface area contributed by atoms with Crippen LogP contribution in [0.2, 0.25) is 5.02 Å². The second kappa shape index (κ2) is 5.86. The van der Waals surface area contributed by atoms with Crippen LogP contribution < -0.4 is 0 Å². The SMILES string of the molecule is Clc1ccc([C@]2(Cc3ccccc3)c3ccccc3-c3nccn32)cc1. The van der Waals surface area contributed by atoms with Crippen molar-refractivity contribution in [1.82, 2.24) is 9.55 Å². The molecule has 0 unspecified atom stereocenters. The molecule has 0 bridgehead atoms. The molecular weight excluding hydrogens is 340 g/mol. The second-order valence-electron chi connectivity index (χ2n) is 6.70. The zero-order valence-electron chi connectivity index (χ0n) is 14.1. The molecule has 126 valence electrons. The fourth-order valence-corrected chi connectivity index (χ4v) is 4.30. The van der Waals surface area contributed by atoms with Crippen LogP contribution in [0, 0.1) is 0 Å². The first-order valence-corrected chi connectivity index (χ1v) is 9.10. The quantitative estimate of drug-likeness (QED) is 0.470. The van der Waals surface area contributed by atoms with E-state index in [1.807, 2.05) is 18.3 Å². The summed E-state index contributed by atoms with van der Waals surface area (Å²) in [5.41, 5.74) is 4.67. The van der Waals surface area contributed by atoms with Crippen LogP contribution in [0.25, 0.3) is 11.4 Å².